The van der Waals surface area contributed by atoms with E-state index < -0.39 is 0 Å². The Morgan fingerprint density at radius 3 is 2.42 bits per heavy atom. The van der Waals surface area contributed by atoms with Gasteiger partial charge < -0.3 is 10.2 Å². The number of nitrogens with zero attached hydrogens (tertiary/aromatic N) is 1. The van der Waals surface area contributed by atoms with Crippen molar-refractivity contribution in [1.82, 2.24) is 10.2 Å². The standard InChI is InChI=1S/C10H22N2/c1-9(8-12(2)3)10-4-6-11-7-5-10/h9-11H,4-8H2,1-3H3. The van der Waals surface area contributed by atoms with E-state index in [1.54, 1.807) is 0 Å². The van der Waals surface area contributed by atoms with E-state index in [1.807, 2.05) is 0 Å². The van der Waals surface area contributed by atoms with Crippen molar-refractivity contribution >= 4 is 0 Å². The van der Waals surface area contributed by atoms with E-state index in [4.69, 9.17) is 0 Å². The van der Waals surface area contributed by atoms with Gasteiger partial charge in [-0.15, -0.1) is 0 Å². The van der Waals surface area contributed by atoms with Crippen LogP contribution in [0.4, 0.5) is 0 Å². The van der Waals surface area contributed by atoms with Crippen molar-refractivity contribution in [3.05, 3.63) is 0 Å². The Kier molecular flexibility index (Phi) is 4.02. The Balaban J connectivity index is 2.24. The Hall–Kier alpha value is -0.0800. The molecule has 0 amide bonds. The summed E-state index contributed by atoms with van der Waals surface area (Å²) in [5.41, 5.74) is 0. The third kappa shape index (κ3) is 3.11. The van der Waals surface area contributed by atoms with Crippen LogP contribution < -0.4 is 5.32 Å². The second kappa shape index (κ2) is 4.83. The molecule has 1 aliphatic rings. The molecule has 1 fully saturated rings. The third-order valence-corrected chi connectivity index (χ3v) is 2.84. The van der Waals surface area contributed by atoms with Gasteiger partial charge in [-0.25, -0.2) is 0 Å². The molecule has 0 radical (unpaired) electrons. The van der Waals surface area contributed by atoms with E-state index in [-0.39, 0.29) is 0 Å². The van der Waals surface area contributed by atoms with Gasteiger partial charge >= 0.3 is 0 Å². The lowest BCUT2D eigenvalue weighted by molar-refractivity contribution is 0.221. The Morgan fingerprint density at radius 2 is 1.92 bits per heavy atom. The molecule has 1 unspecified atom stereocenters. The lowest BCUT2D eigenvalue weighted by Crippen LogP contribution is -2.34. The number of hydrogen-bond acceptors (Lipinski definition) is 2. The average molecular weight is 170 g/mol. The highest BCUT2D eigenvalue weighted by Gasteiger charge is 2.19. The van der Waals surface area contributed by atoms with E-state index in [2.05, 4.69) is 31.2 Å². The molecule has 12 heavy (non-hydrogen) atoms. The average Bonchev–Trinajstić information content (AvgIpc) is 2.05. The summed E-state index contributed by atoms with van der Waals surface area (Å²) in [6.07, 6.45) is 2.74. The highest BCUT2D eigenvalue weighted by Crippen LogP contribution is 2.21. The van der Waals surface area contributed by atoms with Crippen molar-refractivity contribution in [2.75, 3.05) is 33.7 Å². The van der Waals surface area contributed by atoms with E-state index >= 15 is 0 Å². The van der Waals surface area contributed by atoms with Crippen molar-refractivity contribution < 1.29 is 0 Å². The Bertz CT molecular complexity index is 117. The van der Waals surface area contributed by atoms with Crippen LogP contribution in [-0.2, 0) is 0 Å². The van der Waals surface area contributed by atoms with Gasteiger partial charge in [0.1, 0.15) is 0 Å². The summed E-state index contributed by atoms with van der Waals surface area (Å²) < 4.78 is 0. The van der Waals surface area contributed by atoms with Crippen molar-refractivity contribution in [3.8, 4) is 0 Å². The molecule has 0 spiro atoms. The summed E-state index contributed by atoms with van der Waals surface area (Å²) in [6.45, 7) is 6.07. The largest absolute Gasteiger partial charge is 0.317 e. The van der Waals surface area contributed by atoms with Crippen LogP contribution in [0.1, 0.15) is 19.8 Å². The van der Waals surface area contributed by atoms with Gasteiger partial charge in [0.2, 0.25) is 0 Å². The Morgan fingerprint density at radius 1 is 1.33 bits per heavy atom. The lowest BCUT2D eigenvalue weighted by Gasteiger charge is -2.29. The van der Waals surface area contributed by atoms with Crippen molar-refractivity contribution in [2.24, 2.45) is 11.8 Å². The molecule has 2 heteroatoms. The molecule has 0 saturated carbocycles. The molecule has 0 bridgehead atoms. The van der Waals surface area contributed by atoms with Gasteiger partial charge in [0, 0.05) is 6.54 Å². The molecule has 1 heterocycles. The van der Waals surface area contributed by atoms with E-state index in [1.165, 1.54) is 32.5 Å². The molecule has 1 rings (SSSR count). The van der Waals surface area contributed by atoms with Gasteiger partial charge in [0.15, 0.2) is 0 Å². The molecule has 1 saturated heterocycles. The van der Waals surface area contributed by atoms with Crippen molar-refractivity contribution in [1.29, 1.82) is 0 Å². The molecule has 1 N–H and O–H groups in total. The first-order valence-corrected chi connectivity index (χ1v) is 5.05. The van der Waals surface area contributed by atoms with Crippen LogP contribution in [0.5, 0.6) is 0 Å². The first-order valence-electron chi connectivity index (χ1n) is 5.05. The molecular weight excluding hydrogens is 148 g/mol. The third-order valence-electron chi connectivity index (χ3n) is 2.84. The van der Waals surface area contributed by atoms with Crippen molar-refractivity contribution in [2.45, 2.75) is 19.8 Å². The quantitative estimate of drug-likeness (QED) is 0.684. The number of nitrogens with one attached hydrogen (secondary N) is 1. The molecule has 72 valence electrons. The maximum Gasteiger partial charge on any atom is 0.000358 e. The second-order valence-corrected chi connectivity index (χ2v) is 4.33. The zero-order valence-electron chi connectivity index (χ0n) is 8.64. The van der Waals surface area contributed by atoms with Gasteiger partial charge in [0.25, 0.3) is 0 Å². The van der Waals surface area contributed by atoms with Crippen LogP contribution in [0.15, 0.2) is 0 Å². The predicted molar refractivity (Wildman–Crippen MR) is 53.3 cm³/mol. The summed E-state index contributed by atoms with van der Waals surface area (Å²) in [6, 6.07) is 0. The maximum absolute atomic E-state index is 3.41. The van der Waals surface area contributed by atoms with Crippen LogP contribution in [0, 0.1) is 11.8 Å². The van der Waals surface area contributed by atoms with E-state index in [9.17, 15) is 0 Å². The van der Waals surface area contributed by atoms with Crippen LogP contribution >= 0.6 is 0 Å². The predicted octanol–water partition coefficient (Wildman–Crippen LogP) is 1.18. The minimum absolute atomic E-state index is 0.863. The maximum atomic E-state index is 3.41. The Labute approximate surface area is 76.3 Å². The first kappa shape index (κ1) is 10.0. The van der Waals surface area contributed by atoms with Gasteiger partial charge in [-0.05, 0) is 51.9 Å². The van der Waals surface area contributed by atoms with Crippen LogP contribution in [0.3, 0.4) is 0 Å². The van der Waals surface area contributed by atoms with Gasteiger partial charge in [0.05, 0.1) is 0 Å². The number of piperidine rings is 1. The second-order valence-electron chi connectivity index (χ2n) is 4.33. The number of rotatable bonds is 3. The normalized spacial score (nSPS) is 23.0. The topological polar surface area (TPSA) is 15.3 Å². The van der Waals surface area contributed by atoms with Crippen LogP contribution in [0.25, 0.3) is 0 Å². The van der Waals surface area contributed by atoms with Crippen LogP contribution in [0.2, 0.25) is 0 Å². The smallest absolute Gasteiger partial charge is 0.000358 e. The minimum atomic E-state index is 0.863. The fraction of sp³-hybridized carbons (Fsp3) is 1.00. The van der Waals surface area contributed by atoms with E-state index in [0.717, 1.165) is 11.8 Å². The zero-order chi connectivity index (χ0) is 8.97. The highest BCUT2D eigenvalue weighted by atomic mass is 15.1. The van der Waals surface area contributed by atoms with Gasteiger partial charge in [-0.2, -0.15) is 0 Å². The molecular formula is C10H22N2. The SMILES string of the molecule is CC(CN(C)C)C1CCNCC1. The first-order chi connectivity index (χ1) is 5.70. The minimum Gasteiger partial charge on any atom is -0.317 e. The summed E-state index contributed by atoms with van der Waals surface area (Å²) in [7, 11) is 4.33. The molecule has 0 aromatic rings. The fourth-order valence-electron chi connectivity index (χ4n) is 2.14. The highest BCUT2D eigenvalue weighted by molar-refractivity contribution is 4.74. The summed E-state index contributed by atoms with van der Waals surface area (Å²) >= 11 is 0. The summed E-state index contributed by atoms with van der Waals surface area (Å²) in [5, 5.41) is 3.41. The fourth-order valence-corrected chi connectivity index (χ4v) is 2.14. The molecule has 0 aromatic carbocycles. The molecule has 0 aromatic heterocycles. The van der Waals surface area contributed by atoms with Gasteiger partial charge in [-0.3, -0.25) is 0 Å². The van der Waals surface area contributed by atoms with Gasteiger partial charge in [-0.1, -0.05) is 6.92 Å². The molecule has 1 aliphatic heterocycles. The molecule has 0 aliphatic carbocycles. The van der Waals surface area contributed by atoms with Crippen molar-refractivity contribution in [3.63, 3.8) is 0 Å². The summed E-state index contributed by atoms with van der Waals surface area (Å²) in [4.78, 5) is 2.30. The number of hydrogen-bond donors (Lipinski definition) is 1. The lowest BCUT2D eigenvalue weighted by atomic mass is 9.86. The zero-order valence-corrected chi connectivity index (χ0v) is 8.64. The molecule has 2 nitrogen and oxygen atoms in total. The van der Waals surface area contributed by atoms with E-state index in [0.29, 0.717) is 0 Å². The molecule has 1 atom stereocenters. The van der Waals surface area contributed by atoms with Crippen LogP contribution in [-0.4, -0.2) is 38.6 Å². The monoisotopic (exact) mass is 170 g/mol. The summed E-state index contributed by atoms with van der Waals surface area (Å²) in [5.74, 6) is 1.82.